The highest BCUT2D eigenvalue weighted by molar-refractivity contribution is 6.30. The summed E-state index contributed by atoms with van der Waals surface area (Å²) in [7, 11) is 0. The summed E-state index contributed by atoms with van der Waals surface area (Å²) in [6.07, 6.45) is 3.47. The standard InChI is InChI=1S/C19H19ClFNO/c1-12(14-6-5-13-3-2-4-15(13)9-14)22-19(23)10-16-7-8-17(20)11-18(16)21/h5-9,11-12H,2-4,10H2,1H3,(H,22,23). The molecule has 1 aliphatic carbocycles. The van der Waals surface area contributed by atoms with Crippen LogP contribution < -0.4 is 5.32 Å². The van der Waals surface area contributed by atoms with Crippen LogP contribution in [0.2, 0.25) is 5.02 Å². The molecule has 3 rings (SSSR count). The minimum absolute atomic E-state index is 0.0122. The quantitative estimate of drug-likeness (QED) is 0.884. The zero-order valence-electron chi connectivity index (χ0n) is 13.0. The second kappa shape index (κ2) is 6.71. The lowest BCUT2D eigenvalue weighted by Gasteiger charge is -2.16. The Balaban J connectivity index is 1.65. The van der Waals surface area contributed by atoms with Gasteiger partial charge < -0.3 is 5.32 Å². The van der Waals surface area contributed by atoms with Gasteiger partial charge in [-0.25, -0.2) is 4.39 Å². The van der Waals surface area contributed by atoms with Gasteiger partial charge in [0.1, 0.15) is 5.82 Å². The van der Waals surface area contributed by atoms with Crippen molar-refractivity contribution >= 4 is 17.5 Å². The van der Waals surface area contributed by atoms with Crippen LogP contribution in [0.1, 0.15) is 41.6 Å². The van der Waals surface area contributed by atoms with Crippen molar-refractivity contribution < 1.29 is 9.18 Å². The lowest BCUT2D eigenvalue weighted by atomic mass is 10.0. The van der Waals surface area contributed by atoms with Gasteiger partial charge in [-0.15, -0.1) is 0 Å². The highest BCUT2D eigenvalue weighted by atomic mass is 35.5. The first-order valence-corrected chi connectivity index (χ1v) is 8.26. The van der Waals surface area contributed by atoms with Crippen molar-refractivity contribution in [3.8, 4) is 0 Å². The van der Waals surface area contributed by atoms with E-state index in [0.717, 1.165) is 18.4 Å². The van der Waals surface area contributed by atoms with Crippen LogP contribution in [0, 0.1) is 5.82 Å². The van der Waals surface area contributed by atoms with Gasteiger partial charge in [0.2, 0.25) is 5.91 Å². The Morgan fingerprint density at radius 2 is 2.00 bits per heavy atom. The predicted molar refractivity (Wildman–Crippen MR) is 90.1 cm³/mol. The molecule has 2 aromatic rings. The van der Waals surface area contributed by atoms with Gasteiger partial charge in [0.05, 0.1) is 12.5 Å². The lowest BCUT2D eigenvalue weighted by Crippen LogP contribution is -2.28. The van der Waals surface area contributed by atoms with Crippen molar-refractivity contribution in [2.45, 2.75) is 38.6 Å². The van der Waals surface area contributed by atoms with E-state index >= 15 is 0 Å². The zero-order chi connectivity index (χ0) is 16.4. The van der Waals surface area contributed by atoms with Crippen molar-refractivity contribution in [2.75, 3.05) is 0 Å². The molecule has 0 radical (unpaired) electrons. The van der Waals surface area contributed by atoms with Gasteiger partial charge in [-0.05, 0) is 60.6 Å². The molecule has 0 aromatic heterocycles. The van der Waals surface area contributed by atoms with Crippen molar-refractivity contribution in [1.29, 1.82) is 0 Å². The maximum Gasteiger partial charge on any atom is 0.225 e. The minimum Gasteiger partial charge on any atom is -0.349 e. The minimum atomic E-state index is -0.446. The fourth-order valence-electron chi connectivity index (χ4n) is 3.07. The second-order valence-corrected chi connectivity index (χ2v) is 6.52. The van der Waals surface area contributed by atoms with Gasteiger partial charge in [0.25, 0.3) is 0 Å². The molecule has 0 saturated heterocycles. The van der Waals surface area contributed by atoms with E-state index in [1.807, 2.05) is 6.92 Å². The van der Waals surface area contributed by atoms with Gasteiger partial charge in [-0.2, -0.15) is 0 Å². The van der Waals surface area contributed by atoms with Crippen LogP contribution >= 0.6 is 11.6 Å². The first-order valence-electron chi connectivity index (χ1n) is 7.88. The summed E-state index contributed by atoms with van der Waals surface area (Å²) in [5.74, 6) is -0.642. The Hall–Kier alpha value is -1.87. The maximum atomic E-state index is 13.8. The molecule has 0 saturated carbocycles. The molecule has 1 N–H and O–H groups in total. The first kappa shape index (κ1) is 16.0. The first-order chi connectivity index (χ1) is 11.0. The number of carbonyl (C=O) groups is 1. The van der Waals surface area contributed by atoms with Crippen LogP contribution in [0.25, 0.3) is 0 Å². The average molecular weight is 332 g/mol. The molecule has 1 aliphatic rings. The largest absolute Gasteiger partial charge is 0.349 e. The van der Waals surface area contributed by atoms with Crippen molar-refractivity contribution in [2.24, 2.45) is 0 Å². The highest BCUT2D eigenvalue weighted by Crippen LogP contribution is 2.25. The van der Waals surface area contributed by atoms with E-state index in [1.165, 1.54) is 23.6 Å². The normalized spacial score (nSPS) is 14.4. The lowest BCUT2D eigenvalue weighted by molar-refractivity contribution is -0.121. The number of hydrogen-bond acceptors (Lipinski definition) is 1. The predicted octanol–water partition coefficient (Wildman–Crippen LogP) is 4.39. The van der Waals surface area contributed by atoms with Crippen molar-refractivity contribution in [3.63, 3.8) is 0 Å². The molecule has 2 nitrogen and oxygen atoms in total. The number of hydrogen-bond donors (Lipinski definition) is 1. The van der Waals surface area contributed by atoms with Gasteiger partial charge in [-0.1, -0.05) is 35.9 Å². The molecule has 0 aliphatic heterocycles. The monoisotopic (exact) mass is 331 g/mol. The van der Waals surface area contributed by atoms with Gasteiger partial charge >= 0.3 is 0 Å². The number of benzene rings is 2. The van der Waals surface area contributed by atoms with E-state index in [0.29, 0.717) is 10.6 Å². The highest BCUT2D eigenvalue weighted by Gasteiger charge is 2.16. The van der Waals surface area contributed by atoms with E-state index in [9.17, 15) is 9.18 Å². The van der Waals surface area contributed by atoms with Gasteiger partial charge in [0.15, 0.2) is 0 Å². The summed E-state index contributed by atoms with van der Waals surface area (Å²) < 4.78 is 13.8. The number of rotatable bonds is 4. The summed E-state index contributed by atoms with van der Waals surface area (Å²) >= 11 is 5.72. The molecule has 23 heavy (non-hydrogen) atoms. The number of fused-ring (bicyclic) bond motifs is 1. The summed E-state index contributed by atoms with van der Waals surface area (Å²) in [5, 5.41) is 3.27. The second-order valence-electron chi connectivity index (χ2n) is 6.08. The molecule has 120 valence electrons. The molecular weight excluding hydrogens is 313 g/mol. The van der Waals surface area contributed by atoms with Gasteiger partial charge in [0, 0.05) is 5.02 Å². The van der Waals surface area contributed by atoms with Crippen LogP contribution in [0.5, 0.6) is 0 Å². The number of nitrogens with one attached hydrogen (secondary N) is 1. The van der Waals surface area contributed by atoms with E-state index in [-0.39, 0.29) is 18.4 Å². The molecule has 1 unspecified atom stereocenters. The molecule has 0 fully saturated rings. The topological polar surface area (TPSA) is 29.1 Å². The number of amides is 1. The molecule has 1 amide bonds. The molecule has 1 atom stereocenters. The molecule has 0 spiro atoms. The van der Waals surface area contributed by atoms with Gasteiger partial charge in [-0.3, -0.25) is 4.79 Å². The SMILES string of the molecule is CC(NC(=O)Cc1ccc(Cl)cc1F)c1ccc2c(c1)CCC2. The third-order valence-electron chi connectivity index (χ3n) is 4.37. The van der Waals surface area contributed by atoms with Crippen LogP contribution in [-0.2, 0) is 24.1 Å². The summed E-state index contributed by atoms with van der Waals surface area (Å²) in [5.41, 5.74) is 4.24. The third kappa shape index (κ3) is 3.73. The zero-order valence-corrected chi connectivity index (χ0v) is 13.8. The summed E-state index contributed by atoms with van der Waals surface area (Å²) in [6, 6.07) is 10.7. The Kier molecular flexibility index (Phi) is 4.67. The molecule has 0 bridgehead atoms. The van der Waals surface area contributed by atoms with Crippen LogP contribution in [0.15, 0.2) is 36.4 Å². The van der Waals surface area contributed by atoms with Crippen LogP contribution in [0.3, 0.4) is 0 Å². The summed E-state index contributed by atoms with van der Waals surface area (Å²) in [6.45, 7) is 1.95. The van der Waals surface area contributed by atoms with Crippen LogP contribution in [0.4, 0.5) is 4.39 Å². The van der Waals surface area contributed by atoms with Crippen molar-refractivity contribution in [3.05, 3.63) is 69.5 Å². The Labute approximate surface area is 140 Å². The fraction of sp³-hybridized carbons (Fsp3) is 0.316. The molecule has 0 heterocycles. The maximum absolute atomic E-state index is 13.8. The Bertz CT molecular complexity index is 744. The summed E-state index contributed by atoms with van der Waals surface area (Å²) in [4.78, 5) is 12.2. The average Bonchev–Trinajstić information content (AvgIpc) is 2.97. The van der Waals surface area contributed by atoms with E-state index < -0.39 is 5.82 Å². The number of carbonyl (C=O) groups excluding carboxylic acids is 1. The number of aryl methyl sites for hydroxylation is 2. The molecule has 4 heteroatoms. The fourth-order valence-corrected chi connectivity index (χ4v) is 3.23. The van der Waals surface area contributed by atoms with E-state index in [2.05, 4.69) is 23.5 Å². The smallest absolute Gasteiger partial charge is 0.225 e. The third-order valence-corrected chi connectivity index (χ3v) is 4.60. The van der Waals surface area contributed by atoms with Crippen molar-refractivity contribution in [1.82, 2.24) is 5.32 Å². The molecule has 2 aromatic carbocycles. The Morgan fingerprint density at radius 1 is 1.22 bits per heavy atom. The molecular formula is C19H19ClFNO. The van der Waals surface area contributed by atoms with E-state index in [1.54, 1.807) is 12.1 Å². The van der Waals surface area contributed by atoms with E-state index in [4.69, 9.17) is 11.6 Å². The number of halogens is 2. The Morgan fingerprint density at radius 3 is 2.78 bits per heavy atom. The van der Waals surface area contributed by atoms with Crippen LogP contribution in [-0.4, -0.2) is 5.91 Å².